The van der Waals surface area contributed by atoms with Crippen LogP contribution in [0.2, 0.25) is 20.1 Å². The van der Waals surface area contributed by atoms with Gasteiger partial charge in [0.15, 0.2) is 10.1 Å². The van der Waals surface area contributed by atoms with Gasteiger partial charge in [0.2, 0.25) is 29.6 Å². The van der Waals surface area contributed by atoms with Crippen molar-refractivity contribution in [3.63, 3.8) is 0 Å². The fourth-order valence-corrected chi connectivity index (χ4v) is 15.2. The average molecular weight is 1360 g/mol. The predicted octanol–water partition coefficient (Wildman–Crippen LogP) is 7.15. The SMILES string of the molecule is C.C.C.C[C@@]1(Cc2ccc(C#N)cc2)C(=O)N(c2cc(Cl)cc(Cl)c2)c2ncc(S(=O)(=O)N3CCC[C@H]3C(=O)NCC(N)=O)n21.C[C@@]1(Cc2ccc(C#N)cc2)C(=O)N(c2cc(Cl)cc(Cl)c2)c2ncc(S(=O)(=O)N3CCC[C@H]3C(=O)O)n21.Cl.NCC(N)=O. The minimum Gasteiger partial charge on any atom is -0.480 e. The number of primary amides is 2. The number of amides is 5. The number of halogens is 5. The fraction of sp³-hybridized carbons (Fsp3) is 0.333. The van der Waals surface area contributed by atoms with Crippen LogP contribution in [-0.2, 0) is 72.7 Å². The van der Waals surface area contributed by atoms with Gasteiger partial charge in [0.05, 0.1) is 60.1 Å². The first kappa shape index (κ1) is 73.8. The van der Waals surface area contributed by atoms with Crippen molar-refractivity contribution in [2.75, 3.05) is 36.0 Å². The van der Waals surface area contributed by atoms with E-state index < -0.39 is 85.3 Å². The number of carboxylic acids is 1. The molecule has 89 heavy (non-hydrogen) atoms. The number of nitriles is 2. The molecule has 6 aromatic rings. The highest BCUT2D eigenvalue weighted by atomic mass is 35.5. The zero-order chi connectivity index (χ0) is 62.1. The lowest BCUT2D eigenvalue weighted by molar-refractivity contribution is -0.140. The largest absolute Gasteiger partial charge is 0.480 e. The smallest absolute Gasteiger partial charge is 0.322 e. The van der Waals surface area contributed by atoms with Gasteiger partial charge in [-0.15, -0.1) is 12.4 Å². The van der Waals surface area contributed by atoms with E-state index in [0.717, 1.165) is 21.0 Å². The molecule has 2 saturated heterocycles. The van der Waals surface area contributed by atoms with Gasteiger partial charge in [0.1, 0.15) is 23.2 Å². The van der Waals surface area contributed by atoms with E-state index in [1.165, 1.54) is 55.3 Å². The van der Waals surface area contributed by atoms with Crippen LogP contribution < -0.4 is 32.3 Å². The molecule has 10 rings (SSSR count). The molecule has 4 aromatic carbocycles. The number of hydrogen-bond acceptors (Lipinski definition) is 15. The van der Waals surface area contributed by atoms with Crippen LogP contribution in [0.1, 0.15) is 84.1 Å². The number of aliphatic carboxylic acids is 1. The Bertz CT molecular complexity index is 3970. The molecule has 5 amide bonds. The molecule has 4 atom stereocenters. The van der Waals surface area contributed by atoms with Crippen LogP contribution in [0.4, 0.5) is 23.3 Å². The first-order valence-corrected chi connectivity index (χ1v) is 30.1. The number of nitrogens with two attached hydrogens (primary N) is 3. The van der Waals surface area contributed by atoms with Crippen molar-refractivity contribution in [1.82, 2.24) is 33.0 Å². The first-order valence-electron chi connectivity index (χ1n) is 25.7. The van der Waals surface area contributed by atoms with E-state index in [4.69, 9.17) is 63.1 Å². The van der Waals surface area contributed by atoms with Gasteiger partial charge < -0.3 is 27.6 Å². The molecule has 0 radical (unpaired) electrons. The number of fused-ring (bicyclic) bond motifs is 2. The number of carbonyl (C=O) groups excluding carboxylic acids is 5. The third-order valence-corrected chi connectivity index (χ3v) is 19.0. The van der Waals surface area contributed by atoms with E-state index in [1.54, 1.807) is 62.4 Å². The van der Waals surface area contributed by atoms with Gasteiger partial charge in [-0.2, -0.15) is 19.1 Å². The summed E-state index contributed by atoms with van der Waals surface area (Å²) in [6.45, 7) is 2.80. The number of aromatic nitrogens is 4. The Kier molecular flexibility index (Phi) is 24.3. The van der Waals surface area contributed by atoms with E-state index in [9.17, 15) is 56.0 Å². The molecule has 2 aromatic heterocycles. The molecular weight excluding hydrogens is 1300 g/mol. The van der Waals surface area contributed by atoms with Crippen molar-refractivity contribution in [3.05, 3.63) is 140 Å². The van der Waals surface area contributed by atoms with Crippen LogP contribution in [0.3, 0.4) is 0 Å². The van der Waals surface area contributed by atoms with Crippen molar-refractivity contribution >= 4 is 138 Å². The number of imidazole rings is 2. The van der Waals surface area contributed by atoms with E-state index in [2.05, 4.69) is 21.0 Å². The third-order valence-electron chi connectivity index (χ3n) is 14.4. The molecule has 0 spiro atoms. The molecule has 25 nitrogen and oxygen atoms in total. The average Bonchev–Trinajstić information content (AvgIpc) is 1.56. The summed E-state index contributed by atoms with van der Waals surface area (Å²) in [5, 5.41) is 30.8. The summed E-state index contributed by atoms with van der Waals surface area (Å²) in [7, 11) is -8.75. The molecule has 6 heterocycles. The monoisotopic (exact) mass is 1360 g/mol. The van der Waals surface area contributed by atoms with Crippen LogP contribution in [0.5, 0.6) is 0 Å². The summed E-state index contributed by atoms with van der Waals surface area (Å²) < 4.78 is 60.7. The maximum Gasteiger partial charge on any atom is 0.322 e. The molecule has 0 aliphatic carbocycles. The zero-order valence-electron chi connectivity index (χ0n) is 45.4. The molecule has 0 unspecified atom stereocenters. The Morgan fingerprint density at radius 3 is 1.31 bits per heavy atom. The molecule has 32 heteroatoms. The number of benzene rings is 4. The maximum absolute atomic E-state index is 14.2. The standard InChI is InChI=1S/C27H25Cl2N7O5S.C25H21Cl2N5O5S.C2H6N2O.3CH4.ClH/c1-27(12-16-4-6-17(13-30)7-5-16)25(39)35(20-10-18(28)9-19(29)11-20)26-33-15-23(36(26)27)42(40,41)34-8-2-3-21(34)24(38)32-14-22(31)37;1-25(12-15-4-6-16(13-28)7-5-15)23(35)31(19-10-17(26)9-18(27)11-19)24-29-14-21(32(24)25)38(36,37)30-8-2-3-20(30)22(33)34;3-1-2(4)5;;;;/h4-7,9-11,15,21H,2-3,8,12,14H2,1H3,(H2,31,37)(H,32,38);4-7,9-11,14,20H,2-3,8,12H2,1H3,(H,33,34);1,3H2,(H2,4,5);3*1H4;1H/t21-,27+;20-,25+;;;;;/m00...../s1. The van der Waals surface area contributed by atoms with Crippen molar-refractivity contribution < 1.29 is 50.7 Å². The van der Waals surface area contributed by atoms with Crippen molar-refractivity contribution in [2.24, 2.45) is 17.2 Å². The number of carbonyl (C=O) groups is 6. The molecule has 8 N–H and O–H groups in total. The molecular formula is C57H65Cl5N14O11S2. The quantitative estimate of drug-likeness (QED) is 0.0681. The van der Waals surface area contributed by atoms with Gasteiger partial charge in [0.25, 0.3) is 31.9 Å². The molecule has 2 fully saturated rings. The maximum atomic E-state index is 14.2. The van der Waals surface area contributed by atoms with Crippen LogP contribution >= 0.6 is 58.8 Å². The molecule has 0 bridgehead atoms. The summed E-state index contributed by atoms with van der Waals surface area (Å²) in [5.74, 6) is -4.01. The van der Waals surface area contributed by atoms with Gasteiger partial charge in [0, 0.05) is 46.0 Å². The Hall–Kier alpha value is -7.67. The number of nitrogens with one attached hydrogen (secondary N) is 1. The summed E-state index contributed by atoms with van der Waals surface area (Å²) in [6.07, 6.45) is 3.64. The van der Waals surface area contributed by atoms with Crippen LogP contribution in [0.15, 0.2) is 107 Å². The molecule has 0 saturated carbocycles. The van der Waals surface area contributed by atoms with Crippen molar-refractivity contribution in [1.29, 1.82) is 10.5 Å². The van der Waals surface area contributed by atoms with Gasteiger partial charge in [-0.3, -0.25) is 37.9 Å². The Morgan fingerprint density at radius 2 is 0.989 bits per heavy atom. The van der Waals surface area contributed by atoms with Gasteiger partial charge in [-0.1, -0.05) is 92.9 Å². The minimum atomic E-state index is -4.39. The van der Waals surface area contributed by atoms with Gasteiger partial charge in [-0.05, 0) is 111 Å². The van der Waals surface area contributed by atoms with E-state index >= 15 is 0 Å². The third kappa shape index (κ3) is 14.7. The molecule has 476 valence electrons. The highest BCUT2D eigenvalue weighted by molar-refractivity contribution is 7.89. The lowest BCUT2D eigenvalue weighted by Crippen LogP contribution is -2.48. The van der Waals surface area contributed by atoms with Crippen LogP contribution in [-0.4, -0.2) is 123 Å². The number of rotatable bonds is 15. The predicted molar refractivity (Wildman–Crippen MR) is 338 cm³/mol. The van der Waals surface area contributed by atoms with Crippen molar-refractivity contribution in [2.45, 2.75) is 108 Å². The lowest BCUT2D eigenvalue weighted by atomic mass is 9.91. The van der Waals surface area contributed by atoms with E-state index in [-0.39, 0.29) is 122 Å². The Morgan fingerprint density at radius 1 is 0.640 bits per heavy atom. The minimum absolute atomic E-state index is 0. The fourth-order valence-electron chi connectivity index (χ4n) is 10.5. The van der Waals surface area contributed by atoms with Gasteiger partial charge in [-0.25, -0.2) is 36.6 Å². The second kappa shape index (κ2) is 29.3. The van der Waals surface area contributed by atoms with Crippen LogP contribution in [0, 0.1) is 22.7 Å². The Labute approximate surface area is 541 Å². The Balaban J connectivity index is 0.000000340. The normalized spacial score (nSPS) is 19.2. The number of sulfonamides is 2. The topological polar surface area (TPSA) is 377 Å². The number of carboxylic acid groups (broad SMARTS) is 1. The summed E-state index contributed by atoms with van der Waals surface area (Å²) in [5.41, 5.74) is 14.2. The summed E-state index contributed by atoms with van der Waals surface area (Å²) >= 11 is 24.9. The highest BCUT2D eigenvalue weighted by Gasteiger charge is 2.55. The second-order valence-electron chi connectivity index (χ2n) is 20.3. The van der Waals surface area contributed by atoms with Crippen molar-refractivity contribution in [3.8, 4) is 12.1 Å². The lowest BCUT2D eigenvalue weighted by Gasteiger charge is -2.29. The number of anilines is 4. The highest BCUT2D eigenvalue weighted by Crippen LogP contribution is 2.47. The summed E-state index contributed by atoms with van der Waals surface area (Å²) in [6, 6.07) is 24.1. The number of nitrogens with zero attached hydrogens (tertiary/aromatic N) is 10. The second-order valence-corrected chi connectivity index (χ2v) is 25.7. The zero-order valence-corrected chi connectivity index (χ0v) is 50.9. The van der Waals surface area contributed by atoms with E-state index in [0.29, 0.717) is 46.5 Å². The molecule has 4 aliphatic heterocycles. The molecule has 4 aliphatic rings. The summed E-state index contributed by atoms with van der Waals surface area (Å²) in [4.78, 5) is 84.8. The first-order chi connectivity index (χ1) is 40.1. The van der Waals surface area contributed by atoms with Crippen LogP contribution in [0.25, 0.3) is 0 Å². The van der Waals surface area contributed by atoms with E-state index in [1.807, 2.05) is 12.1 Å². The number of hydrogen-bond donors (Lipinski definition) is 5. The van der Waals surface area contributed by atoms with Gasteiger partial charge >= 0.3 is 5.97 Å².